The molecule has 2 aromatic heterocycles. The highest BCUT2D eigenvalue weighted by molar-refractivity contribution is 7.90. The first kappa shape index (κ1) is 46.8. The molecule has 4 aliphatic rings. The number of aromatic amines is 1. The standard InChI is InChI=1S/C49H58ClN8O7PS/c1-49(2)17-13-36(41(30-49)34-5-7-37(50)8-6-34)32-55-20-22-56(23-21-55)38-9-11-40(43(28-38)57-19-4-26-66(3,62)48-45(57)27-35-14-18-51-46(35)53-48)47(59)54-67(63,64)39-10-12-42(44(29-39)58(60)61)52-31-33-15-24-65-25-16-33/h5-12,14,18,27-29,33,52H,4,13,15-17,19-26,30-32H2,1-3H3,(H,51,53)(H,54,59). The number of nitrogens with zero attached hydrogens (tertiary/aromatic N) is 5. The topological polar surface area (TPSA) is 183 Å². The molecule has 0 spiro atoms. The average molecular weight is 970 g/mol. The second-order valence-electron chi connectivity index (χ2n) is 19.3. The van der Waals surface area contributed by atoms with Gasteiger partial charge in [0.15, 0.2) is 0 Å². The molecule has 1 unspecified atom stereocenters. The van der Waals surface area contributed by atoms with Crippen LogP contribution < -0.4 is 25.3 Å². The number of nitro groups is 1. The van der Waals surface area contributed by atoms with Crippen molar-refractivity contribution < 1.29 is 27.4 Å². The number of carbonyl (C=O) groups excluding carboxylic acids is 1. The summed E-state index contributed by atoms with van der Waals surface area (Å²) in [6.07, 6.45) is 7.51. The van der Waals surface area contributed by atoms with E-state index in [0.29, 0.717) is 61.3 Å². The van der Waals surface area contributed by atoms with Crippen molar-refractivity contribution in [2.24, 2.45) is 11.3 Å². The van der Waals surface area contributed by atoms with Gasteiger partial charge in [-0.1, -0.05) is 43.2 Å². The number of piperazine rings is 1. The summed E-state index contributed by atoms with van der Waals surface area (Å²) in [6.45, 7) is 12.5. The molecular weight excluding hydrogens is 911 g/mol. The van der Waals surface area contributed by atoms with Crippen molar-refractivity contribution in [3.63, 3.8) is 0 Å². The van der Waals surface area contributed by atoms with Gasteiger partial charge in [0.1, 0.15) is 23.9 Å². The minimum Gasteiger partial charge on any atom is -0.381 e. The van der Waals surface area contributed by atoms with Crippen LogP contribution in [0.15, 0.2) is 89.5 Å². The molecule has 9 rings (SSSR count). The Morgan fingerprint density at radius 2 is 1.76 bits per heavy atom. The van der Waals surface area contributed by atoms with Crippen molar-refractivity contribution in [1.29, 1.82) is 0 Å². The minimum atomic E-state index is -4.60. The van der Waals surface area contributed by atoms with Crippen LogP contribution in [0, 0.1) is 21.4 Å². The van der Waals surface area contributed by atoms with Gasteiger partial charge in [0.05, 0.1) is 26.8 Å². The second-order valence-corrected chi connectivity index (χ2v) is 24.5. The summed E-state index contributed by atoms with van der Waals surface area (Å²) < 4.78 is 50.0. The zero-order valence-electron chi connectivity index (χ0n) is 38.2. The quantitative estimate of drug-likeness (QED) is 0.0614. The van der Waals surface area contributed by atoms with Crippen LogP contribution in [0.2, 0.25) is 5.02 Å². The lowest BCUT2D eigenvalue weighted by Gasteiger charge is -2.39. The Hall–Kier alpha value is -5.25. The Balaban J connectivity index is 1.01. The fourth-order valence-corrected chi connectivity index (χ4v) is 13.0. The molecule has 3 N–H and O–H groups in total. The number of nitrogens with one attached hydrogen (secondary N) is 3. The Labute approximate surface area is 396 Å². The van der Waals surface area contributed by atoms with Gasteiger partial charge in [0.2, 0.25) is 0 Å². The number of carbonyl (C=O) groups is 1. The predicted molar refractivity (Wildman–Crippen MR) is 267 cm³/mol. The van der Waals surface area contributed by atoms with Gasteiger partial charge in [-0.25, -0.2) is 18.1 Å². The van der Waals surface area contributed by atoms with Crippen LogP contribution in [0.5, 0.6) is 0 Å². The monoisotopic (exact) mass is 968 g/mol. The fraction of sp³-hybridized carbons (Fsp3) is 0.429. The third kappa shape index (κ3) is 10.3. The molecule has 67 heavy (non-hydrogen) atoms. The molecule has 2 fully saturated rings. The number of anilines is 4. The number of pyridine rings is 1. The van der Waals surface area contributed by atoms with Crippen LogP contribution in [-0.4, -0.2) is 106 Å². The molecule has 5 heterocycles. The molecule has 354 valence electrons. The van der Waals surface area contributed by atoms with E-state index in [0.717, 1.165) is 87.0 Å². The van der Waals surface area contributed by atoms with Gasteiger partial charge < -0.3 is 29.4 Å². The van der Waals surface area contributed by atoms with Crippen molar-refractivity contribution in [2.45, 2.75) is 57.3 Å². The van der Waals surface area contributed by atoms with E-state index in [4.69, 9.17) is 21.3 Å². The molecule has 0 radical (unpaired) electrons. The summed E-state index contributed by atoms with van der Waals surface area (Å²) in [6, 6.07) is 21.0. The van der Waals surface area contributed by atoms with Gasteiger partial charge >= 0.3 is 0 Å². The zero-order chi connectivity index (χ0) is 47.1. The highest BCUT2D eigenvalue weighted by Gasteiger charge is 2.35. The Bertz CT molecular complexity index is 2890. The molecule has 1 atom stereocenters. The normalized spacial score (nSPS) is 20.7. The molecule has 15 nitrogen and oxygen atoms in total. The lowest BCUT2D eigenvalue weighted by Crippen LogP contribution is -2.47. The smallest absolute Gasteiger partial charge is 0.293 e. The summed E-state index contributed by atoms with van der Waals surface area (Å²) in [5.74, 6) is -0.643. The highest BCUT2D eigenvalue weighted by atomic mass is 35.5. The number of hydrogen-bond acceptors (Lipinski definition) is 12. The van der Waals surface area contributed by atoms with Crippen LogP contribution in [-0.2, 0) is 19.3 Å². The van der Waals surface area contributed by atoms with Crippen LogP contribution in [0.4, 0.5) is 28.4 Å². The summed E-state index contributed by atoms with van der Waals surface area (Å²) >= 11 is 6.28. The molecule has 0 saturated carbocycles. The zero-order valence-corrected chi connectivity index (χ0v) is 40.7. The summed E-state index contributed by atoms with van der Waals surface area (Å²) in [7, 11) is -7.56. The maximum Gasteiger partial charge on any atom is 0.293 e. The van der Waals surface area contributed by atoms with E-state index < -0.39 is 38.6 Å². The average Bonchev–Trinajstić information content (AvgIpc) is 3.73. The number of aromatic nitrogens is 2. The van der Waals surface area contributed by atoms with Crippen LogP contribution in [0.25, 0.3) is 16.6 Å². The first-order valence-corrected chi connectivity index (χ1v) is 27.3. The number of nitro benzene ring substituents is 1. The Kier molecular flexibility index (Phi) is 13.3. The molecule has 1 aliphatic carbocycles. The lowest BCUT2D eigenvalue weighted by molar-refractivity contribution is -0.384. The van der Waals surface area contributed by atoms with Crippen LogP contribution >= 0.6 is 18.7 Å². The number of ether oxygens (including phenoxy) is 1. The lowest BCUT2D eigenvalue weighted by atomic mass is 9.72. The van der Waals surface area contributed by atoms with Crippen LogP contribution in [0.3, 0.4) is 0 Å². The highest BCUT2D eigenvalue weighted by Crippen LogP contribution is 2.48. The first-order chi connectivity index (χ1) is 32.0. The van der Waals surface area contributed by atoms with E-state index in [9.17, 15) is 27.9 Å². The van der Waals surface area contributed by atoms with Gasteiger partial charge in [0, 0.05) is 93.5 Å². The van der Waals surface area contributed by atoms with Crippen LogP contribution in [0.1, 0.15) is 68.3 Å². The van der Waals surface area contributed by atoms with Gasteiger partial charge in [-0.15, -0.1) is 0 Å². The van der Waals surface area contributed by atoms with Gasteiger partial charge in [-0.05, 0) is 122 Å². The predicted octanol–water partition coefficient (Wildman–Crippen LogP) is 9.03. The molecule has 0 bridgehead atoms. The maximum atomic E-state index is 14.5. The van der Waals surface area contributed by atoms with E-state index in [1.165, 1.54) is 28.8 Å². The number of sulfonamides is 1. The fourth-order valence-electron chi connectivity index (χ4n) is 9.96. The third-order valence-electron chi connectivity index (χ3n) is 13.9. The molecule has 3 aromatic carbocycles. The van der Waals surface area contributed by atoms with E-state index in [2.05, 4.69) is 50.8 Å². The van der Waals surface area contributed by atoms with Crippen molar-refractivity contribution in [3.05, 3.63) is 111 Å². The maximum absolute atomic E-state index is 14.5. The summed E-state index contributed by atoms with van der Waals surface area (Å²) in [5, 5.41) is 16.9. The minimum absolute atomic E-state index is 0.0741. The number of H-pyrrole nitrogens is 1. The molecule has 3 aliphatic heterocycles. The molecule has 2 saturated heterocycles. The number of amides is 1. The SMILES string of the molecule is CC1(C)CCC(CN2CCN(c3ccc(C(=O)NS(=O)(=O)c4ccc(NCC5CCOCC5)c([N+](=O)[O-])c4)c(N4CCCP(C)(=O)c5nc6[nH]ccc6cc54)c3)CC2)=C(c2ccc(Cl)cc2)C1. The van der Waals surface area contributed by atoms with Gasteiger partial charge in [-0.3, -0.25) is 19.8 Å². The number of allylic oxidation sites excluding steroid dienone is 1. The number of rotatable bonds is 12. The second kappa shape index (κ2) is 19.0. The van der Waals surface area contributed by atoms with E-state index in [-0.39, 0.29) is 22.6 Å². The number of benzene rings is 3. The molecular formula is C49H58ClN8O7PS. The molecule has 18 heteroatoms. The molecule has 1 amide bonds. The molecule has 5 aromatic rings. The van der Waals surface area contributed by atoms with Crippen molar-refractivity contribution in [2.75, 3.05) is 87.0 Å². The first-order valence-electron chi connectivity index (χ1n) is 23.1. The van der Waals surface area contributed by atoms with Gasteiger partial charge in [-0.2, -0.15) is 0 Å². The Morgan fingerprint density at radius 3 is 2.51 bits per heavy atom. The third-order valence-corrected chi connectivity index (χ3v) is 17.8. The van der Waals surface area contributed by atoms with Crippen molar-refractivity contribution in [1.82, 2.24) is 19.6 Å². The van der Waals surface area contributed by atoms with Gasteiger partial charge in [0.25, 0.3) is 21.6 Å². The van der Waals surface area contributed by atoms with Crippen molar-refractivity contribution in [3.8, 4) is 0 Å². The largest absolute Gasteiger partial charge is 0.381 e. The van der Waals surface area contributed by atoms with E-state index in [1.807, 2.05) is 41.3 Å². The number of hydrogen-bond donors (Lipinski definition) is 3. The van der Waals surface area contributed by atoms with E-state index >= 15 is 0 Å². The van der Waals surface area contributed by atoms with Crippen molar-refractivity contribution >= 4 is 85.2 Å². The summed E-state index contributed by atoms with van der Waals surface area (Å²) in [4.78, 5) is 40.4. The number of fused-ring (bicyclic) bond motifs is 2. The Morgan fingerprint density at radius 1 is 1.00 bits per heavy atom. The summed E-state index contributed by atoms with van der Waals surface area (Å²) in [5.41, 5.74) is 7.09. The number of halogens is 1. The van der Waals surface area contributed by atoms with E-state index in [1.54, 1.807) is 18.9 Å².